The van der Waals surface area contributed by atoms with Crippen LogP contribution in [0.15, 0.2) is 77.9 Å². The molecule has 0 saturated heterocycles. The van der Waals surface area contributed by atoms with Gasteiger partial charge in [-0.2, -0.15) is 0 Å². The highest BCUT2D eigenvalue weighted by Crippen LogP contribution is 2.24. The third-order valence-corrected chi connectivity index (χ3v) is 3.83. The molecule has 2 aromatic rings. The molecular weight excluding hydrogens is 308 g/mol. The monoisotopic (exact) mass is 322 g/mol. The van der Waals surface area contributed by atoms with E-state index in [4.69, 9.17) is 11.6 Å². The Hall–Kier alpha value is -2.65. The van der Waals surface area contributed by atoms with Crippen LogP contribution in [0, 0.1) is 0 Å². The third kappa shape index (κ3) is 3.10. The van der Waals surface area contributed by atoms with E-state index in [0.29, 0.717) is 23.1 Å². The van der Waals surface area contributed by atoms with Gasteiger partial charge >= 0.3 is 0 Å². The number of carbonyl (C=O) groups excluding carboxylic acids is 1. The molecule has 2 aromatic carbocycles. The number of hydrogen-bond acceptors (Lipinski definition) is 2. The maximum absolute atomic E-state index is 12.6. The number of rotatable bonds is 4. The zero-order valence-corrected chi connectivity index (χ0v) is 13.2. The van der Waals surface area contributed by atoms with Gasteiger partial charge in [-0.25, -0.2) is 4.99 Å². The van der Waals surface area contributed by atoms with Gasteiger partial charge in [0.1, 0.15) is 11.5 Å². The summed E-state index contributed by atoms with van der Waals surface area (Å²) in [4.78, 5) is 18.8. The number of carbonyl (C=O) groups is 1. The molecule has 0 spiro atoms. The molecule has 1 heterocycles. The van der Waals surface area contributed by atoms with Crippen LogP contribution in [0.3, 0.4) is 0 Å². The molecule has 0 unspecified atom stereocenters. The fourth-order valence-electron chi connectivity index (χ4n) is 2.40. The molecule has 114 valence electrons. The molecule has 23 heavy (non-hydrogen) atoms. The lowest BCUT2D eigenvalue weighted by Gasteiger charge is -2.15. The summed E-state index contributed by atoms with van der Waals surface area (Å²) in [5.41, 5.74) is 2.04. The van der Waals surface area contributed by atoms with Crippen molar-refractivity contribution in [3.05, 3.63) is 89.1 Å². The number of nitrogens with zero attached hydrogens (tertiary/aromatic N) is 2. The van der Waals surface area contributed by atoms with Gasteiger partial charge < -0.3 is 0 Å². The van der Waals surface area contributed by atoms with Crippen molar-refractivity contribution < 1.29 is 4.79 Å². The second kappa shape index (κ2) is 6.63. The molecule has 0 N–H and O–H groups in total. The van der Waals surface area contributed by atoms with E-state index in [-0.39, 0.29) is 5.91 Å². The molecule has 0 atom stereocenters. The van der Waals surface area contributed by atoms with Crippen LogP contribution in [-0.4, -0.2) is 23.2 Å². The highest BCUT2D eigenvalue weighted by Gasteiger charge is 2.30. The van der Waals surface area contributed by atoms with Gasteiger partial charge in [-0.3, -0.25) is 9.69 Å². The minimum atomic E-state index is -0.149. The lowest BCUT2D eigenvalue weighted by Crippen LogP contribution is -2.32. The largest absolute Gasteiger partial charge is 0.287 e. The van der Waals surface area contributed by atoms with E-state index >= 15 is 0 Å². The molecule has 0 aliphatic carbocycles. The Morgan fingerprint density at radius 1 is 1.09 bits per heavy atom. The van der Waals surface area contributed by atoms with Gasteiger partial charge in [-0.1, -0.05) is 66.2 Å². The van der Waals surface area contributed by atoms with Gasteiger partial charge in [0.25, 0.3) is 5.91 Å². The van der Waals surface area contributed by atoms with Gasteiger partial charge in [-0.15, -0.1) is 6.58 Å². The highest BCUT2D eigenvalue weighted by molar-refractivity contribution is 6.32. The fraction of sp³-hybridized carbons (Fsp3) is 0.0526. The van der Waals surface area contributed by atoms with Gasteiger partial charge in [0.05, 0.1) is 0 Å². The lowest BCUT2D eigenvalue weighted by atomic mass is 10.2. The minimum absolute atomic E-state index is 0.149. The first kappa shape index (κ1) is 15.3. The molecule has 3 rings (SSSR count). The predicted molar refractivity (Wildman–Crippen MR) is 94.3 cm³/mol. The van der Waals surface area contributed by atoms with E-state index in [0.717, 1.165) is 11.1 Å². The average Bonchev–Trinajstić information content (AvgIpc) is 2.88. The van der Waals surface area contributed by atoms with Crippen LogP contribution in [0.5, 0.6) is 0 Å². The fourth-order valence-corrected chi connectivity index (χ4v) is 2.59. The number of hydrogen-bond donors (Lipinski definition) is 0. The number of benzene rings is 2. The number of amides is 1. The van der Waals surface area contributed by atoms with Crippen molar-refractivity contribution in [2.45, 2.75) is 0 Å². The maximum Gasteiger partial charge on any atom is 0.278 e. The first-order chi connectivity index (χ1) is 11.2. The first-order valence-electron chi connectivity index (χ1n) is 7.24. The Kier molecular flexibility index (Phi) is 4.40. The predicted octanol–water partition coefficient (Wildman–Crippen LogP) is 4.16. The molecule has 3 nitrogen and oxygen atoms in total. The topological polar surface area (TPSA) is 32.7 Å². The van der Waals surface area contributed by atoms with Crippen molar-refractivity contribution in [1.29, 1.82) is 0 Å². The van der Waals surface area contributed by atoms with Gasteiger partial charge in [0.2, 0.25) is 0 Å². The van der Waals surface area contributed by atoms with Gasteiger partial charge in [0, 0.05) is 17.1 Å². The van der Waals surface area contributed by atoms with E-state index in [1.807, 2.05) is 48.5 Å². The lowest BCUT2D eigenvalue weighted by molar-refractivity contribution is -0.122. The molecule has 0 bridgehead atoms. The summed E-state index contributed by atoms with van der Waals surface area (Å²) in [6.07, 6.45) is 3.41. The molecule has 0 radical (unpaired) electrons. The molecule has 1 aliphatic rings. The second-order valence-corrected chi connectivity index (χ2v) is 5.46. The Morgan fingerprint density at radius 2 is 1.78 bits per heavy atom. The highest BCUT2D eigenvalue weighted by atomic mass is 35.5. The first-order valence-corrected chi connectivity index (χ1v) is 7.61. The van der Waals surface area contributed by atoms with Crippen LogP contribution in [0.25, 0.3) is 6.08 Å². The van der Waals surface area contributed by atoms with Crippen molar-refractivity contribution >= 4 is 29.4 Å². The molecule has 0 aromatic heterocycles. The molecular formula is C19H15ClN2O. The number of halogens is 1. The molecule has 1 aliphatic heterocycles. The van der Waals surface area contributed by atoms with Crippen molar-refractivity contribution in [2.24, 2.45) is 4.99 Å². The van der Waals surface area contributed by atoms with E-state index in [9.17, 15) is 4.79 Å². The zero-order valence-electron chi connectivity index (χ0n) is 12.4. The standard InChI is InChI=1S/C19H15ClN2O/c1-2-12-22-18(14-8-4-3-5-9-14)21-17(19(22)23)13-15-10-6-7-11-16(15)20/h2-11,13H,1,12H2. The smallest absolute Gasteiger partial charge is 0.278 e. The minimum Gasteiger partial charge on any atom is -0.287 e. The van der Waals surface area contributed by atoms with Crippen molar-refractivity contribution in [3.63, 3.8) is 0 Å². The van der Waals surface area contributed by atoms with Crippen LogP contribution < -0.4 is 0 Å². The van der Waals surface area contributed by atoms with Crippen LogP contribution in [0.2, 0.25) is 5.02 Å². The third-order valence-electron chi connectivity index (χ3n) is 3.49. The number of amidine groups is 1. The summed E-state index contributed by atoms with van der Waals surface area (Å²) in [5.74, 6) is 0.484. The molecule has 1 amide bonds. The second-order valence-electron chi connectivity index (χ2n) is 5.06. The summed E-state index contributed by atoms with van der Waals surface area (Å²) >= 11 is 6.17. The van der Waals surface area contributed by atoms with E-state index in [1.165, 1.54) is 0 Å². The average molecular weight is 323 g/mol. The van der Waals surface area contributed by atoms with Crippen LogP contribution in [0.1, 0.15) is 11.1 Å². The van der Waals surface area contributed by atoms with E-state index in [1.54, 1.807) is 23.1 Å². The summed E-state index contributed by atoms with van der Waals surface area (Å²) < 4.78 is 0. The van der Waals surface area contributed by atoms with E-state index in [2.05, 4.69) is 11.6 Å². The SMILES string of the molecule is C=CCN1C(=O)C(=Cc2ccccc2Cl)N=C1c1ccccc1. The van der Waals surface area contributed by atoms with Crippen LogP contribution >= 0.6 is 11.6 Å². The Morgan fingerprint density at radius 3 is 2.48 bits per heavy atom. The zero-order chi connectivity index (χ0) is 16.2. The summed E-state index contributed by atoms with van der Waals surface area (Å²) in [6.45, 7) is 4.13. The molecule has 0 saturated carbocycles. The maximum atomic E-state index is 12.6. The Bertz CT molecular complexity index is 809. The molecule has 4 heteroatoms. The Balaban J connectivity index is 2.05. The van der Waals surface area contributed by atoms with Crippen LogP contribution in [-0.2, 0) is 4.79 Å². The van der Waals surface area contributed by atoms with Gasteiger partial charge in [-0.05, 0) is 17.7 Å². The van der Waals surface area contributed by atoms with Crippen molar-refractivity contribution in [2.75, 3.05) is 6.54 Å². The van der Waals surface area contributed by atoms with Crippen molar-refractivity contribution in [3.8, 4) is 0 Å². The van der Waals surface area contributed by atoms with Crippen LogP contribution in [0.4, 0.5) is 0 Å². The van der Waals surface area contributed by atoms with Gasteiger partial charge in [0.15, 0.2) is 0 Å². The summed E-state index contributed by atoms with van der Waals surface area (Å²) in [6, 6.07) is 17.0. The summed E-state index contributed by atoms with van der Waals surface area (Å²) in [5, 5.41) is 0.589. The quantitative estimate of drug-likeness (QED) is 0.614. The van der Waals surface area contributed by atoms with E-state index < -0.39 is 0 Å². The normalized spacial score (nSPS) is 15.9. The van der Waals surface area contributed by atoms with Crippen molar-refractivity contribution in [1.82, 2.24) is 4.90 Å². The number of aliphatic imine (C=N–C) groups is 1. The Labute approximate surface area is 140 Å². The molecule has 0 fully saturated rings. The summed E-state index contributed by atoms with van der Waals surface area (Å²) in [7, 11) is 0.